The summed E-state index contributed by atoms with van der Waals surface area (Å²) in [5.74, 6) is 1.02. The Labute approximate surface area is 115 Å². The molecule has 1 heterocycles. The van der Waals surface area contributed by atoms with Gasteiger partial charge in [-0.25, -0.2) is 4.98 Å². The molecule has 1 aliphatic rings. The number of nitrogens with zero attached hydrogens (tertiary/aromatic N) is 1. The smallest absolute Gasteiger partial charge is 0.220 e. The van der Waals surface area contributed by atoms with Crippen molar-refractivity contribution in [1.82, 2.24) is 15.3 Å². The molecule has 0 aromatic carbocycles. The number of carbonyl (C=O) groups excluding carboxylic acids is 1. The molecule has 0 aliphatic heterocycles. The summed E-state index contributed by atoms with van der Waals surface area (Å²) in [6.07, 6.45) is 10.8. The molecule has 0 radical (unpaired) electrons. The van der Waals surface area contributed by atoms with Gasteiger partial charge in [0.05, 0.1) is 12.0 Å². The second kappa shape index (κ2) is 7.31. The van der Waals surface area contributed by atoms with E-state index in [2.05, 4.69) is 15.3 Å². The lowest BCUT2D eigenvalue weighted by molar-refractivity contribution is -0.121. The van der Waals surface area contributed by atoms with E-state index < -0.39 is 0 Å². The summed E-state index contributed by atoms with van der Waals surface area (Å²) in [6.45, 7) is 2.79. The summed E-state index contributed by atoms with van der Waals surface area (Å²) in [6, 6.07) is 0. The Morgan fingerprint density at radius 1 is 1.47 bits per heavy atom. The van der Waals surface area contributed by atoms with Gasteiger partial charge in [0.25, 0.3) is 0 Å². The standard InChI is InChI=1S/C15H25N3O/c1-12-14(18-11-17-12)7-4-10-16-15(19)9-8-13-5-2-3-6-13/h11,13H,2-10H2,1H3,(H,16,19)(H,17,18). The molecule has 19 heavy (non-hydrogen) atoms. The minimum absolute atomic E-state index is 0.214. The lowest BCUT2D eigenvalue weighted by Crippen LogP contribution is -2.25. The highest BCUT2D eigenvalue weighted by Gasteiger charge is 2.15. The Balaban J connectivity index is 1.52. The van der Waals surface area contributed by atoms with Gasteiger partial charge >= 0.3 is 0 Å². The molecular formula is C15H25N3O. The molecule has 0 bridgehead atoms. The van der Waals surface area contributed by atoms with E-state index in [1.807, 2.05) is 6.92 Å². The third kappa shape index (κ3) is 4.69. The summed E-state index contributed by atoms with van der Waals surface area (Å²) in [7, 11) is 0. The second-order valence-electron chi connectivity index (χ2n) is 5.62. The van der Waals surface area contributed by atoms with Crippen molar-refractivity contribution < 1.29 is 4.79 Å². The first kappa shape index (κ1) is 14.1. The van der Waals surface area contributed by atoms with Crippen molar-refractivity contribution in [3.8, 4) is 0 Å². The molecule has 1 aromatic heterocycles. The van der Waals surface area contributed by atoms with Crippen molar-refractivity contribution in [2.75, 3.05) is 6.54 Å². The van der Waals surface area contributed by atoms with Gasteiger partial charge in [-0.2, -0.15) is 0 Å². The number of hydrogen-bond donors (Lipinski definition) is 2. The average molecular weight is 263 g/mol. The number of aryl methyl sites for hydroxylation is 2. The Morgan fingerprint density at radius 3 is 2.95 bits per heavy atom. The number of amides is 1. The molecule has 1 aromatic rings. The predicted octanol–water partition coefficient (Wildman–Crippen LogP) is 2.74. The summed E-state index contributed by atoms with van der Waals surface area (Å²) in [5, 5.41) is 3.01. The molecule has 2 rings (SSSR count). The monoisotopic (exact) mass is 263 g/mol. The van der Waals surface area contributed by atoms with Gasteiger partial charge in [-0.3, -0.25) is 4.79 Å². The number of carbonyl (C=O) groups is 1. The van der Waals surface area contributed by atoms with Gasteiger partial charge in [0, 0.05) is 18.7 Å². The van der Waals surface area contributed by atoms with E-state index in [0.29, 0.717) is 6.42 Å². The highest BCUT2D eigenvalue weighted by atomic mass is 16.1. The summed E-state index contributed by atoms with van der Waals surface area (Å²) in [5.41, 5.74) is 2.24. The van der Waals surface area contributed by atoms with E-state index in [1.54, 1.807) is 6.33 Å². The van der Waals surface area contributed by atoms with Crippen molar-refractivity contribution in [3.63, 3.8) is 0 Å². The summed E-state index contributed by atoms with van der Waals surface area (Å²) < 4.78 is 0. The van der Waals surface area contributed by atoms with Crippen LogP contribution in [0.15, 0.2) is 6.33 Å². The van der Waals surface area contributed by atoms with Crippen LogP contribution >= 0.6 is 0 Å². The van der Waals surface area contributed by atoms with E-state index in [1.165, 1.54) is 25.7 Å². The van der Waals surface area contributed by atoms with Gasteiger partial charge < -0.3 is 10.3 Å². The minimum Gasteiger partial charge on any atom is -0.356 e. The van der Waals surface area contributed by atoms with Gasteiger partial charge in [0.15, 0.2) is 0 Å². The quantitative estimate of drug-likeness (QED) is 0.743. The topological polar surface area (TPSA) is 57.8 Å². The van der Waals surface area contributed by atoms with Crippen LogP contribution in [-0.4, -0.2) is 22.4 Å². The predicted molar refractivity (Wildman–Crippen MR) is 75.8 cm³/mol. The zero-order chi connectivity index (χ0) is 13.5. The Kier molecular flexibility index (Phi) is 5.43. The molecule has 106 valence electrons. The van der Waals surface area contributed by atoms with Crippen LogP contribution in [0.4, 0.5) is 0 Å². The lowest BCUT2D eigenvalue weighted by atomic mass is 10.0. The number of H-pyrrole nitrogens is 1. The van der Waals surface area contributed by atoms with E-state index in [9.17, 15) is 4.79 Å². The molecule has 0 atom stereocenters. The third-order valence-electron chi connectivity index (χ3n) is 4.10. The van der Waals surface area contributed by atoms with Gasteiger partial charge in [-0.05, 0) is 32.1 Å². The number of aromatic amines is 1. The molecule has 4 heteroatoms. The van der Waals surface area contributed by atoms with E-state index in [4.69, 9.17) is 0 Å². The largest absolute Gasteiger partial charge is 0.356 e. The number of hydrogen-bond acceptors (Lipinski definition) is 2. The Bertz CT molecular complexity index is 394. The minimum atomic E-state index is 0.214. The first-order valence-electron chi connectivity index (χ1n) is 7.51. The third-order valence-corrected chi connectivity index (χ3v) is 4.10. The number of nitrogens with one attached hydrogen (secondary N) is 2. The van der Waals surface area contributed by atoms with Crippen LogP contribution in [0.1, 0.15) is 56.3 Å². The average Bonchev–Trinajstić information content (AvgIpc) is 3.04. The fraction of sp³-hybridized carbons (Fsp3) is 0.733. The van der Waals surface area contributed by atoms with Crippen LogP contribution in [0.3, 0.4) is 0 Å². The molecule has 0 saturated heterocycles. The van der Waals surface area contributed by atoms with E-state index in [-0.39, 0.29) is 5.91 Å². The molecule has 1 amide bonds. The zero-order valence-corrected chi connectivity index (χ0v) is 11.9. The van der Waals surface area contributed by atoms with Gasteiger partial charge in [-0.1, -0.05) is 25.7 Å². The van der Waals surface area contributed by atoms with Crippen LogP contribution in [0, 0.1) is 12.8 Å². The van der Waals surface area contributed by atoms with Crippen molar-refractivity contribution in [3.05, 3.63) is 17.7 Å². The maximum atomic E-state index is 11.7. The first-order valence-corrected chi connectivity index (χ1v) is 7.51. The fourth-order valence-corrected chi connectivity index (χ4v) is 2.85. The molecule has 1 saturated carbocycles. The fourth-order valence-electron chi connectivity index (χ4n) is 2.85. The molecule has 0 unspecified atom stereocenters. The van der Waals surface area contributed by atoms with Gasteiger partial charge in [0.2, 0.25) is 5.91 Å². The van der Waals surface area contributed by atoms with Gasteiger partial charge in [0.1, 0.15) is 0 Å². The van der Waals surface area contributed by atoms with Gasteiger partial charge in [-0.15, -0.1) is 0 Å². The molecule has 0 spiro atoms. The molecule has 2 N–H and O–H groups in total. The lowest BCUT2D eigenvalue weighted by Gasteiger charge is -2.09. The van der Waals surface area contributed by atoms with Crippen LogP contribution in [0.25, 0.3) is 0 Å². The van der Waals surface area contributed by atoms with Crippen molar-refractivity contribution >= 4 is 5.91 Å². The SMILES string of the molecule is Cc1[nH]cnc1CCCNC(=O)CCC1CCCC1. The maximum absolute atomic E-state index is 11.7. The number of aromatic nitrogens is 2. The molecule has 4 nitrogen and oxygen atoms in total. The number of imidazole rings is 1. The Morgan fingerprint density at radius 2 is 2.26 bits per heavy atom. The van der Waals surface area contributed by atoms with Crippen molar-refractivity contribution in [1.29, 1.82) is 0 Å². The Hall–Kier alpha value is -1.32. The summed E-state index contributed by atoms with van der Waals surface area (Å²) >= 11 is 0. The molecular weight excluding hydrogens is 238 g/mol. The van der Waals surface area contributed by atoms with Crippen molar-refractivity contribution in [2.45, 2.75) is 58.3 Å². The normalized spacial score (nSPS) is 15.8. The first-order chi connectivity index (χ1) is 9.25. The highest BCUT2D eigenvalue weighted by molar-refractivity contribution is 5.75. The van der Waals surface area contributed by atoms with E-state index in [0.717, 1.165) is 43.1 Å². The highest BCUT2D eigenvalue weighted by Crippen LogP contribution is 2.28. The van der Waals surface area contributed by atoms with Crippen LogP contribution < -0.4 is 5.32 Å². The van der Waals surface area contributed by atoms with Crippen LogP contribution in [0.2, 0.25) is 0 Å². The van der Waals surface area contributed by atoms with Crippen LogP contribution in [0.5, 0.6) is 0 Å². The second-order valence-corrected chi connectivity index (χ2v) is 5.62. The van der Waals surface area contributed by atoms with E-state index >= 15 is 0 Å². The van der Waals surface area contributed by atoms with Crippen LogP contribution in [-0.2, 0) is 11.2 Å². The molecule has 1 fully saturated rings. The number of rotatable bonds is 7. The summed E-state index contributed by atoms with van der Waals surface area (Å²) in [4.78, 5) is 19.0. The van der Waals surface area contributed by atoms with Crippen molar-refractivity contribution in [2.24, 2.45) is 5.92 Å². The zero-order valence-electron chi connectivity index (χ0n) is 11.9. The maximum Gasteiger partial charge on any atom is 0.220 e. The molecule has 1 aliphatic carbocycles.